The molecular formula is C14H19N. The highest BCUT2D eigenvalue weighted by molar-refractivity contribution is 5.27. The molecule has 1 heteroatoms. The van der Waals surface area contributed by atoms with Crippen LogP contribution in [0.5, 0.6) is 0 Å². The van der Waals surface area contributed by atoms with Crippen molar-refractivity contribution >= 4 is 0 Å². The SMILES string of the molecule is C=C(C)C(=C)CC(C#N)CC(=C)C(=C)C. The standard InChI is InChI=1S/C14H19N/c1-10(2)12(5)7-14(9-15)8-13(6)11(3)4/h14H,1,3,5-8H2,2,4H3. The Morgan fingerprint density at radius 3 is 1.53 bits per heavy atom. The lowest BCUT2D eigenvalue weighted by atomic mass is 9.91. The molecule has 0 aliphatic rings. The Morgan fingerprint density at radius 2 is 1.33 bits per heavy atom. The summed E-state index contributed by atoms with van der Waals surface area (Å²) < 4.78 is 0. The molecule has 0 N–H and O–H groups in total. The second kappa shape index (κ2) is 6.03. The largest absolute Gasteiger partial charge is 0.198 e. The molecule has 0 amide bonds. The van der Waals surface area contributed by atoms with Gasteiger partial charge >= 0.3 is 0 Å². The van der Waals surface area contributed by atoms with Gasteiger partial charge in [0.25, 0.3) is 0 Å². The van der Waals surface area contributed by atoms with Crippen molar-refractivity contribution in [1.29, 1.82) is 5.26 Å². The van der Waals surface area contributed by atoms with Crippen molar-refractivity contribution in [2.24, 2.45) is 5.92 Å². The molecule has 0 aliphatic carbocycles. The molecule has 0 fully saturated rings. The van der Waals surface area contributed by atoms with Crippen LogP contribution < -0.4 is 0 Å². The zero-order chi connectivity index (χ0) is 12.0. The second-order valence-electron chi connectivity index (χ2n) is 4.00. The van der Waals surface area contributed by atoms with E-state index in [1.54, 1.807) is 0 Å². The maximum absolute atomic E-state index is 9.00. The summed E-state index contributed by atoms with van der Waals surface area (Å²) in [4.78, 5) is 0. The smallest absolute Gasteiger partial charge is 0.0662 e. The predicted molar refractivity (Wildman–Crippen MR) is 66.2 cm³/mol. The van der Waals surface area contributed by atoms with E-state index in [2.05, 4.69) is 32.4 Å². The Morgan fingerprint density at radius 1 is 1.00 bits per heavy atom. The van der Waals surface area contributed by atoms with Crippen LogP contribution in [0.4, 0.5) is 0 Å². The molecule has 0 heterocycles. The number of nitriles is 1. The van der Waals surface area contributed by atoms with Gasteiger partial charge in [0.2, 0.25) is 0 Å². The summed E-state index contributed by atoms with van der Waals surface area (Å²) in [5.74, 6) is -0.0709. The summed E-state index contributed by atoms with van der Waals surface area (Å²) in [7, 11) is 0. The minimum absolute atomic E-state index is 0.0709. The Balaban J connectivity index is 4.35. The minimum Gasteiger partial charge on any atom is -0.198 e. The molecule has 0 radical (unpaired) electrons. The van der Waals surface area contributed by atoms with Gasteiger partial charge in [-0.25, -0.2) is 0 Å². The van der Waals surface area contributed by atoms with Crippen LogP contribution >= 0.6 is 0 Å². The zero-order valence-corrected chi connectivity index (χ0v) is 9.77. The molecular weight excluding hydrogens is 182 g/mol. The van der Waals surface area contributed by atoms with Crippen molar-refractivity contribution in [3.8, 4) is 6.07 Å². The van der Waals surface area contributed by atoms with Crippen molar-refractivity contribution in [3.05, 3.63) is 48.6 Å². The quantitative estimate of drug-likeness (QED) is 0.592. The maximum atomic E-state index is 9.00. The molecule has 0 aliphatic heterocycles. The van der Waals surface area contributed by atoms with Crippen LogP contribution in [0.1, 0.15) is 26.7 Å². The Hall–Kier alpha value is -1.55. The van der Waals surface area contributed by atoms with E-state index >= 15 is 0 Å². The highest BCUT2D eigenvalue weighted by Gasteiger charge is 2.11. The zero-order valence-electron chi connectivity index (χ0n) is 9.77. The first kappa shape index (κ1) is 13.4. The van der Waals surface area contributed by atoms with Gasteiger partial charge in [0, 0.05) is 0 Å². The van der Waals surface area contributed by atoms with Crippen LogP contribution in [0.2, 0.25) is 0 Å². The summed E-state index contributed by atoms with van der Waals surface area (Å²) in [6.45, 7) is 19.2. The third kappa shape index (κ3) is 5.02. The van der Waals surface area contributed by atoms with Crippen LogP contribution in [0.15, 0.2) is 48.6 Å². The van der Waals surface area contributed by atoms with Gasteiger partial charge in [-0.05, 0) is 26.7 Å². The molecule has 0 rings (SSSR count). The predicted octanol–water partition coefficient (Wildman–Crippen LogP) is 4.17. The van der Waals surface area contributed by atoms with Crippen molar-refractivity contribution in [1.82, 2.24) is 0 Å². The summed E-state index contributed by atoms with van der Waals surface area (Å²) in [5.41, 5.74) is 3.76. The van der Waals surface area contributed by atoms with Gasteiger partial charge < -0.3 is 0 Å². The normalized spacial score (nSPS) is 9.47. The van der Waals surface area contributed by atoms with Crippen LogP contribution in [0.25, 0.3) is 0 Å². The molecule has 0 aromatic rings. The van der Waals surface area contributed by atoms with Gasteiger partial charge in [-0.2, -0.15) is 5.26 Å². The van der Waals surface area contributed by atoms with Crippen molar-refractivity contribution in [2.45, 2.75) is 26.7 Å². The maximum Gasteiger partial charge on any atom is 0.0662 e. The van der Waals surface area contributed by atoms with E-state index in [9.17, 15) is 0 Å². The molecule has 0 unspecified atom stereocenters. The van der Waals surface area contributed by atoms with Crippen LogP contribution in [-0.2, 0) is 0 Å². The van der Waals surface area contributed by atoms with Gasteiger partial charge in [-0.3, -0.25) is 0 Å². The first-order chi connectivity index (χ1) is 6.88. The number of hydrogen-bond acceptors (Lipinski definition) is 1. The average Bonchev–Trinajstić information content (AvgIpc) is 2.15. The molecule has 0 saturated carbocycles. The monoisotopic (exact) mass is 201 g/mol. The number of rotatable bonds is 6. The molecule has 0 bridgehead atoms. The Bertz CT molecular complexity index is 311. The lowest BCUT2D eigenvalue weighted by Gasteiger charge is -2.12. The molecule has 0 atom stereocenters. The van der Waals surface area contributed by atoms with Gasteiger partial charge in [0.1, 0.15) is 0 Å². The molecule has 0 spiro atoms. The van der Waals surface area contributed by atoms with Gasteiger partial charge in [-0.15, -0.1) is 0 Å². The highest BCUT2D eigenvalue weighted by atomic mass is 14.3. The lowest BCUT2D eigenvalue weighted by Crippen LogP contribution is -2.01. The van der Waals surface area contributed by atoms with Crippen LogP contribution in [0, 0.1) is 17.2 Å². The number of nitrogens with zero attached hydrogens (tertiary/aromatic N) is 1. The van der Waals surface area contributed by atoms with Crippen LogP contribution in [0.3, 0.4) is 0 Å². The molecule has 1 nitrogen and oxygen atoms in total. The highest BCUT2D eigenvalue weighted by Crippen LogP contribution is 2.23. The van der Waals surface area contributed by atoms with Crippen molar-refractivity contribution in [3.63, 3.8) is 0 Å². The average molecular weight is 201 g/mol. The van der Waals surface area contributed by atoms with E-state index in [-0.39, 0.29) is 5.92 Å². The van der Waals surface area contributed by atoms with Gasteiger partial charge in [-0.1, -0.05) is 48.6 Å². The first-order valence-electron chi connectivity index (χ1n) is 4.95. The molecule has 80 valence electrons. The molecule has 0 aromatic carbocycles. The summed E-state index contributed by atoms with van der Waals surface area (Å²) in [5, 5.41) is 9.00. The second-order valence-corrected chi connectivity index (χ2v) is 4.00. The Labute approximate surface area is 93.1 Å². The molecule has 0 aromatic heterocycles. The third-order valence-corrected chi connectivity index (χ3v) is 2.38. The van der Waals surface area contributed by atoms with E-state index in [0.717, 1.165) is 22.3 Å². The minimum atomic E-state index is -0.0709. The summed E-state index contributed by atoms with van der Waals surface area (Å²) in [6.07, 6.45) is 1.33. The third-order valence-electron chi connectivity index (χ3n) is 2.38. The lowest BCUT2D eigenvalue weighted by molar-refractivity contribution is 0.658. The van der Waals surface area contributed by atoms with E-state index in [0.29, 0.717) is 12.8 Å². The fourth-order valence-corrected chi connectivity index (χ4v) is 1.11. The fourth-order valence-electron chi connectivity index (χ4n) is 1.11. The molecule has 15 heavy (non-hydrogen) atoms. The fraction of sp³-hybridized carbons (Fsp3) is 0.357. The molecule has 0 saturated heterocycles. The number of hydrogen-bond donors (Lipinski definition) is 0. The van der Waals surface area contributed by atoms with Gasteiger partial charge in [0.15, 0.2) is 0 Å². The van der Waals surface area contributed by atoms with Crippen molar-refractivity contribution < 1.29 is 0 Å². The number of allylic oxidation sites excluding steroid dienone is 4. The van der Waals surface area contributed by atoms with Crippen molar-refractivity contribution in [2.75, 3.05) is 0 Å². The van der Waals surface area contributed by atoms with E-state index in [4.69, 9.17) is 5.26 Å². The summed E-state index contributed by atoms with van der Waals surface area (Å²) in [6, 6.07) is 2.27. The summed E-state index contributed by atoms with van der Waals surface area (Å²) >= 11 is 0. The van der Waals surface area contributed by atoms with E-state index in [1.165, 1.54) is 0 Å². The van der Waals surface area contributed by atoms with E-state index < -0.39 is 0 Å². The van der Waals surface area contributed by atoms with Crippen LogP contribution in [-0.4, -0.2) is 0 Å². The Kier molecular flexibility index (Phi) is 5.41. The topological polar surface area (TPSA) is 23.8 Å². The first-order valence-corrected chi connectivity index (χ1v) is 4.95. The van der Waals surface area contributed by atoms with E-state index in [1.807, 2.05) is 13.8 Å². The van der Waals surface area contributed by atoms with Gasteiger partial charge in [0.05, 0.1) is 12.0 Å².